The maximum Gasteiger partial charge on any atom is 0.0684 e. The zero-order valence-electron chi connectivity index (χ0n) is 11.5. The summed E-state index contributed by atoms with van der Waals surface area (Å²) >= 11 is 0. The summed E-state index contributed by atoms with van der Waals surface area (Å²) in [6, 6.07) is 0.634. The van der Waals surface area contributed by atoms with Gasteiger partial charge in [0.15, 0.2) is 0 Å². The molecule has 0 radical (unpaired) electrons. The van der Waals surface area contributed by atoms with Crippen LogP contribution in [-0.2, 0) is 9.47 Å². The van der Waals surface area contributed by atoms with Crippen LogP contribution in [0, 0.1) is 11.3 Å². The van der Waals surface area contributed by atoms with E-state index in [4.69, 9.17) is 9.47 Å². The normalized spacial score (nSPS) is 35.1. The molecule has 0 aromatic rings. The van der Waals surface area contributed by atoms with Crippen LogP contribution in [0.2, 0.25) is 0 Å². The Morgan fingerprint density at radius 1 is 1.41 bits per heavy atom. The van der Waals surface area contributed by atoms with Crippen molar-refractivity contribution in [2.24, 2.45) is 11.3 Å². The lowest BCUT2D eigenvalue weighted by atomic mass is 9.55. The van der Waals surface area contributed by atoms with E-state index < -0.39 is 0 Å². The van der Waals surface area contributed by atoms with Gasteiger partial charge in [-0.15, -0.1) is 0 Å². The molecule has 0 bridgehead atoms. The second-order valence-electron chi connectivity index (χ2n) is 5.90. The van der Waals surface area contributed by atoms with Gasteiger partial charge in [-0.25, -0.2) is 0 Å². The quantitative estimate of drug-likeness (QED) is 0.723. The van der Waals surface area contributed by atoms with E-state index in [9.17, 15) is 0 Å². The number of rotatable bonds is 6. The molecule has 1 saturated heterocycles. The second kappa shape index (κ2) is 5.68. The van der Waals surface area contributed by atoms with Gasteiger partial charge in [0, 0.05) is 37.2 Å². The molecular weight excluding hydrogens is 214 g/mol. The number of fused-ring (bicyclic) bond motifs is 1. The number of hydrogen-bond donors (Lipinski definition) is 1. The topological polar surface area (TPSA) is 30.5 Å². The molecule has 2 aliphatic rings. The minimum atomic E-state index is 0.302. The van der Waals surface area contributed by atoms with Crippen LogP contribution in [0.15, 0.2) is 0 Å². The van der Waals surface area contributed by atoms with Crippen molar-refractivity contribution < 1.29 is 9.47 Å². The van der Waals surface area contributed by atoms with Gasteiger partial charge in [-0.2, -0.15) is 0 Å². The van der Waals surface area contributed by atoms with Gasteiger partial charge in [-0.3, -0.25) is 0 Å². The third kappa shape index (κ3) is 2.67. The fourth-order valence-corrected chi connectivity index (χ4v) is 3.51. The van der Waals surface area contributed by atoms with Gasteiger partial charge in [0.2, 0.25) is 0 Å². The minimum absolute atomic E-state index is 0.302. The number of nitrogens with one attached hydrogen (secondary N) is 1. The molecule has 3 nitrogen and oxygen atoms in total. The molecule has 2 rings (SSSR count). The Hall–Kier alpha value is -0.120. The first-order chi connectivity index (χ1) is 8.18. The molecule has 3 atom stereocenters. The molecule has 0 amide bonds. The second-order valence-corrected chi connectivity index (χ2v) is 5.90. The Labute approximate surface area is 105 Å². The minimum Gasteiger partial charge on any atom is -0.382 e. The smallest absolute Gasteiger partial charge is 0.0684 e. The zero-order valence-corrected chi connectivity index (χ0v) is 11.5. The largest absolute Gasteiger partial charge is 0.382 e. The Kier molecular flexibility index (Phi) is 4.45. The summed E-state index contributed by atoms with van der Waals surface area (Å²) in [5, 5.41) is 3.71. The Morgan fingerprint density at radius 2 is 2.24 bits per heavy atom. The molecule has 0 spiro atoms. The summed E-state index contributed by atoms with van der Waals surface area (Å²) in [7, 11) is 0. The van der Waals surface area contributed by atoms with Crippen molar-refractivity contribution in [2.75, 3.05) is 26.4 Å². The number of ether oxygens (including phenoxy) is 2. The summed E-state index contributed by atoms with van der Waals surface area (Å²) in [5.41, 5.74) is 0.302. The van der Waals surface area contributed by atoms with Crippen LogP contribution in [0.5, 0.6) is 0 Å². The maximum absolute atomic E-state index is 5.90. The molecule has 1 aliphatic carbocycles. The maximum atomic E-state index is 5.90. The van der Waals surface area contributed by atoms with E-state index in [1.54, 1.807) is 0 Å². The summed E-state index contributed by atoms with van der Waals surface area (Å²) < 4.78 is 11.3. The van der Waals surface area contributed by atoms with Gasteiger partial charge in [-0.05, 0) is 32.7 Å². The molecule has 1 N–H and O–H groups in total. The summed E-state index contributed by atoms with van der Waals surface area (Å²) in [5.74, 6) is 0.742. The zero-order chi connectivity index (χ0) is 12.3. The van der Waals surface area contributed by atoms with E-state index in [1.807, 2.05) is 6.92 Å². The van der Waals surface area contributed by atoms with Gasteiger partial charge in [0.05, 0.1) is 6.10 Å². The standard InChI is InChI=1S/C14H27NO2/c1-4-16-9-6-8-15-12-11-7-5-10-17-13(11)14(12,2)3/h11-13,15H,4-10H2,1-3H3. The van der Waals surface area contributed by atoms with Crippen LogP contribution in [0.4, 0.5) is 0 Å². The van der Waals surface area contributed by atoms with Crippen molar-refractivity contribution in [1.29, 1.82) is 0 Å². The van der Waals surface area contributed by atoms with Crippen LogP contribution >= 0.6 is 0 Å². The van der Waals surface area contributed by atoms with Crippen molar-refractivity contribution in [3.05, 3.63) is 0 Å². The van der Waals surface area contributed by atoms with Gasteiger partial charge in [-0.1, -0.05) is 13.8 Å². The van der Waals surface area contributed by atoms with E-state index in [-0.39, 0.29) is 0 Å². The Balaban J connectivity index is 1.72. The van der Waals surface area contributed by atoms with E-state index in [1.165, 1.54) is 12.8 Å². The first-order valence-corrected chi connectivity index (χ1v) is 7.10. The molecule has 1 saturated carbocycles. The average molecular weight is 241 g/mol. The lowest BCUT2D eigenvalue weighted by molar-refractivity contribution is -0.192. The number of hydrogen-bond acceptors (Lipinski definition) is 3. The highest BCUT2D eigenvalue weighted by Crippen LogP contribution is 2.51. The monoisotopic (exact) mass is 241 g/mol. The van der Waals surface area contributed by atoms with E-state index >= 15 is 0 Å². The van der Waals surface area contributed by atoms with Crippen LogP contribution in [-0.4, -0.2) is 38.5 Å². The molecule has 2 fully saturated rings. The van der Waals surface area contributed by atoms with Gasteiger partial charge >= 0.3 is 0 Å². The molecule has 0 aromatic heterocycles. The van der Waals surface area contributed by atoms with Gasteiger partial charge < -0.3 is 14.8 Å². The van der Waals surface area contributed by atoms with E-state index in [0.29, 0.717) is 17.6 Å². The third-order valence-electron chi connectivity index (χ3n) is 4.36. The molecule has 100 valence electrons. The Bertz CT molecular complexity index is 242. The molecule has 1 heterocycles. The molecule has 1 aliphatic heterocycles. The highest BCUT2D eigenvalue weighted by Gasteiger charge is 2.57. The highest BCUT2D eigenvalue weighted by atomic mass is 16.5. The SMILES string of the molecule is CCOCCCNC1C2CCCOC2C1(C)C. The highest BCUT2D eigenvalue weighted by molar-refractivity contribution is 5.10. The van der Waals surface area contributed by atoms with Gasteiger partial charge in [0.1, 0.15) is 0 Å². The predicted molar refractivity (Wildman–Crippen MR) is 69.1 cm³/mol. The van der Waals surface area contributed by atoms with E-state index in [2.05, 4.69) is 19.2 Å². The third-order valence-corrected chi connectivity index (χ3v) is 4.36. The Morgan fingerprint density at radius 3 is 3.00 bits per heavy atom. The van der Waals surface area contributed by atoms with Crippen LogP contribution in [0.3, 0.4) is 0 Å². The fourth-order valence-electron chi connectivity index (χ4n) is 3.51. The van der Waals surface area contributed by atoms with Crippen LogP contribution < -0.4 is 5.32 Å². The average Bonchev–Trinajstić information content (AvgIpc) is 2.33. The fraction of sp³-hybridized carbons (Fsp3) is 1.00. The molecular formula is C14H27NO2. The predicted octanol–water partition coefficient (Wildman–Crippen LogP) is 2.21. The molecule has 3 unspecified atom stereocenters. The first kappa shape index (κ1) is 13.3. The van der Waals surface area contributed by atoms with Crippen molar-refractivity contribution >= 4 is 0 Å². The molecule has 0 aromatic carbocycles. The summed E-state index contributed by atoms with van der Waals surface area (Å²) in [6.07, 6.45) is 4.16. The summed E-state index contributed by atoms with van der Waals surface area (Å²) in [6.45, 7) is 10.4. The van der Waals surface area contributed by atoms with Gasteiger partial charge in [0.25, 0.3) is 0 Å². The van der Waals surface area contributed by atoms with Crippen LogP contribution in [0.1, 0.15) is 40.0 Å². The lowest BCUT2D eigenvalue weighted by Gasteiger charge is -2.60. The first-order valence-electron chi connectivity index (χ1n) is 7.10. The lowest BCUT2D eigenvalue weighted by Crippen LogP contribution is -2.69. The van der Waals surface area contributed by atoms with Crippen molar-refractivity contribution in [1.82, 2.24) is 5.32 Å². The van der Waals surface area contributed by atoms with Crippen molar-refractivity contribution in [3.63, 3.8) is 0 Å². The van der Waals surface area contributed by atoms with E-state index in [0.717, 1.165) is 38.7 Å². The van der Waals surface area contributed by atoms with Crippen LogP contribution in [0.25, 0.3) is 0 Å². The summed E-state index contributed by atoms with van der Waals surface area (Å²) in [4.78, 5) is 0. The molecule has 17 heavy (non-hydrogen) atoms. The van der Waals surface area contributed by atoms with Crippen molar-refractivity contribution in [3.8, 4) is 0 Å². The molecule has 3 heteroatoms. The van der Waals surface area contributed by atoms with Crippen molar-refractivity contribution in [2.45, 2.75) is 52.2 Å².